The van der Waals surface area contributed by atoms with Crippen LogP contribution in [0.2, 0.25) is 0 Å². The van der Waals surface area contributed by atoms with E-state index < -0.39 is 5.97 Å². The molecule has 1 heterocycles. The van der Waals surface area contributed by atoms with E-state index in [4.69, 9.17) is 10.5 Å². The lowest BCUT2D eigenvalue weighted by atomic mass is 9.86. The number of ether oxygens (including phenoxy) is 1. The summed E-state index contributed by atoms with van der Waals surface area (Å²) in [6, 6.07) is 9.99. The summed E-state index contributed by atoms with van der Waals surface area (Å²) in [5, 5.41) is 9.53. The number of esters is 1. The number of hydrogen-bond donors (Lipinski definition) is 1. The molecule has 5 nitrogen and oxygen atoms in total. The number of anilines is 1. The Hall–Kier alpha value is -2.87. The Balaban J connectivity index is 2.64. The van der Waals surface area contributed by atoms with Crippen LogP contribution in [0, 0.1) is 18.3 Å². The monoisotopic (exact) mass is 323 g/mol. The van der Waals surface area contributed by atoms with E-state index in [1.54, 1.807) is 6.92 Å². The summed E-state index contributed by atoms with van der Waals surface area (Å²) in [5.74, 6) is -0.531. The van der Waals surface area contributed by atoms with E-state index >= 15 is 0 Å². The van der Waals surface area contributed by atoms with Gasteiger partial charge in [0, 0.05) is 5.56 Å². The van der Waals surface area contributed by atoms with Gasteiger partial charge in [0.2, 0.25) is 0 Å². The van der Waals surface area contributed by atoms with Crippen LogP contribution in [0.3, 0.4) is 0 Å². The van der Waals surface area contributed by atoms with Gasteiger partial charge in [-0.25, -0.2) is 9.78 Å². The van der Waals surface area contributed by atoms with Gasteiger partial charge in [0.1, 0.15) is 17.5 Å². The molecule has 0 spiro atoms. The highest BCUT2D eigenvalue weighted by atomic mass is 16.5. The van der Waals surface area contributed by atoms with Crippen LogP contribution in [0.15, 0.2) is 24.3 Å². The van der Waals surface area contributed by atoms with Crippen molar-refractivity contribution in [2.45, 2.75) is 33.1 Å². The molecule has 0 fully saturated rings. The maximum atomic E-state index is 11.9. The smallest absolute Gasteiger partial charge is 0.341 e. The maximum Gasteiger partial charge on any atom is 0.341 e. The number of benzene rings is 1. The van der Waals surface area contributed by atoms with E-state index in [1.165, 1.54) is 12.7 Å². The fourth-order valence-electron chi connectivity index (χ4n) is 2.56. The van der Waals surface area contributed by atoms with E-state index in [1.807, 2.05) is 24.3 Å². The average molecular weight is 323 g/mol. The van der Waals surface area contributed by atoms with Gasteiger partial charge in [-0.2, -0.15) is 5.26 Å². The van der Waals surface area contributed by atoms with Gasteiger partial charge < -0.3 is 10.5 Å². The summed E-state index contributed by atoms with van der Waals surface area (Å²) >= 11 is 0. The first-order valence-corrected chi connectivity index (χ1v) is 7.60. The Morgan fingerprint density at radius 2 is 1.83 bits per heavy atom. The molecule has 0 saturated carbocycles. The first-order valence-electron chi connectivity index (χ1n) is 7.60. The molecular weight excluding hydrogens is 302 g/mol. The number of nitrogens with zero attached hydrogens (tertiary/aromatic N) is 2. The van der Waals surface area contributed by atoms with Gasteiger partial charge in [-0.3, -0.25) is 0 Å². The van der Waals surface area contributed by atoms with Crippen LogP contribution in [0.5, 0.6) is 0 Å². The Labute approximate surface area is 142 Å². The number of pyridine rings is 1. The van der Waals surface area contributed by atoms with E-state index in [9.17, 15) is 10.1 Å². The lowest BCUT2D eigenvalue weighted by Gasteiger charge is -2.19. The van der Waals surface area contributed by atoms with Crippen molar-refractivity contribution in [1.29, 1.82) is 5.26 Å². The topological polar surface area (TPSA) is 89.0 Å². The molecule has 124 valence electrons. The summed E-state index contributed by atoms with van der Waals surface area (Å²) < 4.78 is 4.73. The van der Waals surface area contributed by atoms with Crippen molar-refractivity contribution in [3.8, 4) is 17.3 Å². The highest BCUT2D eigenvalue weighted by molar-refractivity contribution is 5.97. The molecule has 0 aliphatic carbocycles. The van der Waals surface area contributed by atoms with E-state index in [0.717, 1.165) is 5.56 Å². The fraction of sp³-hybridized carbons (Fsp3) is 0.316. The molecule has 2 N–H and O–H groups in total. The second kappa shape index (κ2) is 6.32. The lowest BCUT2D eigenvalue weighted by molar-refractivity contribution is 0.0600. The van der Waals surface area contributed by atoms with Gasteiger partial charge in [-0.1, -0.05) is 45.0 Å². The Kier molecular flexibility index (Phi) is 4.61. The molecule has 0 saturated heterocycles. The normalized spacial score (nSPS) is 11.0. The fourth-order valence-corrected chi connectivity index (χ4v) is 2.56. The Morgan fingerprint density at radius 3 is 2.29 bits per heavy atom. The van der Waals surface area contributed by atoms with E-state index in [-0.39, 0.29) is 16.8 Å². The number of carbonyl (C=O) groups is 1. The summed E-state index contributed by atoms with van der Waals surface area (Å²) in [6.07, 6.45) is 0. The third-order valence-electron chi connectivity index (χ3n) is 4.00. The van der Waals surface area contributed by atoms with Crippen LogP contribution >= 0.6 is 0 Å². The number of hydrogen-bond acceptors (Lipinski definition) is 5. The van der Waals surface area contributed by atoms with Crippen LogP contribution in [0.1, 0.15) is 47.8 Å². The molecule has 0 unspecified atom stereocenters. The van der Waals surface area contributed by atoms with Gasteiger partial charge in [-0.05, 0) is 23.5 Å². The summed E-state index contributed by atoms with van der Waals surface area (Å²) in [5.41, 5.74) is 9.36. The average Bonchev–Trinajstić information content (AvgIpc) is 2.53. The number of aromatic nitrogens is 1. The lowest BCUT2D eigenvalue weighted by Crippen LogP contribution is -2.13. The highest BCUT2D eigenvalue weighted by Crippen LogP contribution is 2.31. The van der Waals surface area contributed by atoms with Crippen LogP contribution in [0.25, 0.3) is 11.3 Å². The molecule has 5 heteroatoms. The highest BCUT2D eigenvalue weighted by Gasteiger charge is 2.22. The van der Waals surface area contributed by atoms with Crippen molar-refractivity contribution < 1.29 is 9.53 Å². The molecule has 0 atom stereocenters. The van der Waals surface area contributed by atoms with Gasteiger partial charge in [-0.15, -0.1) is 0 Å². The van der Waals surface area contributed by atoms with E-state index in [2.05, 4.69) is 31.8 Å². The predicted molar refractivity (Wildman–Crippen MR) is 93.6 cm³/mol. The maximum absolute atomic E-state index is 11.9. The van der Waals surface area contributed by atoms with E-state index in [0.29, 0.717) is 16.8 Å². The number of methoxy groups -OCH3 is 1. The van der Waals surface area contributed by atoms with Crippen molar-refractivity contribution in [3.05, 3.63) is 46.5 Å². The van der Waals surface area contributed by atoms with Gasteiger partial charge >= 0.3 is 5.97 Å². The van der Waals surface area contributed by atoms with Gasteiger partial charge in [0.05, 0.1) is 18.4 Å². The molecule has 0 aliphatic rings. The molecule has 1 aromatic carbocycles. The molecule has 24 heavy (non-hydrogen) atoms. The molecule has 1 aromatic heterocycles. The minimum atomic E-state index is -0.594. The number of nitriles is 1. The minimum Gasteiger partial charge on any atom is -0.465 e. The van der Waals surface area contributed by atoms with Crippen LogP contribution < -0.4 is 5.73 Å². The third kappa shape index (κ3) is 3.09. The SMILES string of the molecule is COC(=O)c1c(N)nc(-c2ccc(C(C)(C)C)cc2)c(C#N)c1C. The predicted octanol–water partition coefficient (Wildman–Crippen LogP) is 3.60. The molecule has 2 rings (SSSR count). The summed E-state index contributed by atoms with van der Waals surface area (Å²) in [4.78, 5) is 16.2. The number of nitrogen functional groups attached to an aromatic ring is 1. The third-order valence-corrected chi connectivity index (χ3v) is 4.00. The second-order valence-electron chi connectivity index (χ2n) is 6.65. The largest absolute Gasteiger partial charge is 0.465 e. The standard InChI is InChI=1S/C19H21N3O2/c1-11-14(10-20)16(22-17(21)15(11)18(23)24-5)12-6-8-13(9-7-12)19(2,3)4/h6-9H,1-5H3,(H2,21,22). The quantitative estimate of drug-likeness (QED) is 0.853. The molecule has 0 bridgehead atoms. The Morgan fingerprint density at radius 1 is 1.25 bits per heavy atom. The van der Waals surface area contributed by atoms with Crippen molar-refractivity contribution in [2.75, 3.05) is 12.8 Å². The van der Waals surface area contributed by atoms with Crippen molar-refractivity contribution in [2.24, 2.45) is 0 Å². The molecule has 0 radical (unpaired) electrons. The van der Waals surface area contributed by atoms with Crippen LogP contribution in [-0.2, 0) is 10.2 Å². The zero-order valence-electron chi connectivity index (χ0n) is 14.6. The van der Waals surface area contributed by atoms with Crippen LogP contribution in [0.4, 0.5) is 5.82 Å². The molecule has 0 amide bonds. The zero-order valence-corrected chi connectivity index (χ0v) is 14.6. The Bertz CT molecular complexity index is 826. The second-order valence-corrected chi connectivity index (χ2v) is 6.65. The zero-order chi connectivity index (χ0) is 18.1. The molecule has 2 aromatic rings. The van der Waals surface area contributed by atoms with Crippen molar-refractivity contribution in [3.63, 3.8) is 0 Å². The van der Waals surface area contributed by atoms with Gasteiger partial charge in [0.15, 0.2) is 0 Å². The first-order chi connectivity index (χ1) is 11.2. The molecule has 0 aliphatic heterocycles. The number of rotatable bonds is 2. The summed E-state index contributed by atoms with van der Waals surface area (Å²) in [7, 11) is 1.27. The summed E-state index contributed by atoms with van der Waals surface area (Å²) in [6.45, 7) is 8.08. The van der Waals surface area contributed by atoms with Crippen LogP contribution in [-0.4, -0.2) is 18.1 Å². The molecular formula is C19H21N3O2. The first kappa shape index (κ1) is 17.5. The van der Waals surface area contributed by atoms with Gasteiger partial charge in [0.25, 0.3) is 0 Å². The number of nitrogens with two attached hydrogens (primary N) is 1. The minimum absolute atomic E-state index is 0.0354. The van der Waals surface area contributed by atoms with Crippen molar-refractivity contribution >= 4 is 11.8 Å². The van der Waals surface area contributed by atoms with Crippen molar-refractivity contribution in [1.82, 2.24) is 4.98 Å². The number of carbonyl (C=O) groups excluding carboxylic acids is 1.